The van der Waals surface area contributed by atoms with Crippen LogP contribution in [0.15, 0.2) is 84.1 Å². The zero-order valence-corrected chi connectivity index (χ0v) is 20.2. The van der Waals surface area contributed by atoms with Crippen LogP contribution in [0.5, 0.6) is 23.0 Å². The molecule has 0 fully saturated rings. The van der Waals surface area contributed by atoms with Crippen molar-refractivity contribution in [1.82, 2.24) is 19.9 Å². The summed E-state index contributed by atoms with van der Waals surface area (Å²) in [6.45, 7) is 1.54. The molecule has 5 rings (SSSR count). The number of pyridine rings is 2. The first kappa shape index (κ1) is 24.3. The molecule has 0 unspecified atom stereocenters. The second kappa shape index (κ2) is 9.94. The van der Waals surface area contributed by atoms with Crippen LogP contribution in [0.2, 0.25) is 0 Å². The van der Waals surface area contributed by atoms with Gasteiger partial charge in [-0.2, -0.15) is 0 Å². The molecule has 0 spiro atoms. The number of aromatic amines is 1. The van der Waals surface area contributed by atoms with E-state index in [1.54, 1.807) is 30.5 Å². The number of sulfone groups is 1. The summed E-state index contributed by atoms with van der Waals surface area (Å²) in [4.78, 5) is 16.0. The van der Waals surface area contributed by atoms with Crippen LogP contribution in [-0.2, 0) is 9.84 Å². The van der Waals surface area contributed by atoms with E-state index in [1.165, 1.54) is 49.5 Å². The predicted octanol–water partition coefficient (Wildman–Crippen LogP) is 6.34. The highest BCUT2D eigenvalue weighted by molar-refractivity contribution is 7.91. The lowest BCUT2D eigenvalue weighted by atomic mass is 10.2. The summed E-state index contributed by atoms with van der Waals surface area (Å²) >= 11 is 0. The molecule has 37 heavy (non-hydrogen) atoms. The number of ether oxygens (including phenoxy) is 2. The third-order valence-corrected chi connectivity index (χ3v) is 7.09. The lowest BCUT2D eigenvalue weighted by molar-refractivity contribution is 0.148. The molecule has 8 nitrogen and oxygen atoms in total. The van der Waals surface area contributed by atoms with Gasteiger partial charge in [0.05, 0.1) is 23.0 Å². The summed E-state index contributed by atoms with van der Waals surface area (Å²) in [6.07, 6.45) is 0.187. The maximum absolute atomic E-state index is 13.6. The molecule has 3 aromatic heterocycles. The lowest BCUT2D eigenvalue weighted by Gasteiger charge is -2.13. The molecule has 1 N–H and O–H groups in total. The predicted molar refractivity (Wildman–Crippen MR) is 133 cm³/mol. The number of benzene rings is 2. The maximum Gasteiger partial charge on any atom is 0.267 e. The topological polar surface area (TPSA) is 107 Å². The molecule has 0 saturated heterocycles. The number of H-pyrrole nitrogens is 1. The normalized spacial score (nSPS) is 11.7. The van der Waals surface area contributed by atoms with E-state index >= 15 is 0 Å². The molecule has 0 aliphatic heterocycles. The Bertz CT molecular complexity index is 1660. The number of para-hydroxylation sites is 1. The van der Waals surface area contributed by atoms with Gasteiger partial charge in [-0.25, -0.2) is 27.2 Å². The summed E-state index contributed by atoms with van der Waals surface area (Å²) < 4.78 is 63.1. The number of imidazole rings is 1. The van der Waals surface area contributed by atoms with Gasteiger partial charge < -0.3 is 14.5 Å². The molecule has 0 saturated carbocycles. The van der Waals surface area contributed by atoms with Crippen LogP contribution in [0.3, 0.4) is 0 Å². The van der Waals surface area contributed by atoms with Gasteiger partial charge in [0.1, 0.15) is 28.5 Å². The SMILES string of the molecule is CCS(=O)(=O)c1ccc(Oc2cc(Oc3ccccc3C(F)F)c3nc(-c4ccccn4)[nH]c3c2)cn1. The fourth-order valence-corrected chi connectivity index (χ4v) is 4.37. The number of nitrogens with one attached hydrogen (secondary N) is 1. The molecule has 2 aromatic carbocycles. The second-order valence-corrected chi connectivity index (χ2v) is 10.1. The van der Waals surface area contributed by atoms with Crippen LogP contribution in [0.1, 0.15) is 18.9 Å². The molecule has 0 bridgehead atoms. The molecule has 0 atom stereocenters. The van der Waals surface area contributed by atoms with Gasteiger partial charge in [-0.05, 0) is 36.4 Å². The van der Waals surface area contributed by atoms with E-state index in [0.29, 0.717) is 28.3 Å². The Labute approximate surface area is 210 Å². The highest BCUT2D eigenvalue weighted by atomic mass is 32.2. The number of fused-ring (bicyclic) bond motifs is 1. The van der Waals surface area contributed by atoms with Crippen LogP contribution < -0.4 is 9.47 Å². The van der Waals surface area contributed by atoms with Crippen molar-refractivity contribution in [1.29, 1.82) is 0 Å². The van der Waals surface area contributed by atoms with Gasteiger partial charge in [-0.3, -0.25) is 4.98 Å². The Morgan fingerprint density at radius 2 is 1.73 bits per heavy atom. The Balaban J connectivity index is 1.57. The molecule has 0 aliphatic rings. The summed E-state index contributed by atoms with van der Waals surface area (Å²) in [6, 6.07) is 17.2. The zero-order chi connectivity index (χ0) is 26.0. The number of aromatic nitrogens is 4. The summed E-state index contributed by atoms with van der Waals surface area (Å²) in [5, 5.41) is -0.0565. The number of hydrogen-bond acceptors (Lipinski definition) is 7. The molecule has 3 heterocycles. The Kier molecular flexibility index (Phi) is 6.53. The molecule has 5 aromatic rings. The highest BCUT2D eigenvalue weighted by Gasteiger charge is 2.19. The second-order valence-electron chi connectivity index (χ2n) is 7.90. The van der Waals surface area contributed by atoms with Crippen LogP contribution in [0, 0.1) is 0 Å². The fourth-order valence-electron chi connectivity index (χ4n) is 3.59. The van der Waals surface area contributed by atoms with Gasteiger partial charge in [-0.15, -0.1) is 0 Å². The Morgan fingerprint density at radius 3 is 2.43 bits per heavy atom. The average Bonchev–Trinajstić information content (AvgIpc) is 3.34. The van der Waals surface area contributed by atoms with Crippen LogP contribution in [0.25, 0.3) is 22.6 Å². The van der Waals surface area contributed by atoms with Gasteiger partial charge in [0.25, 0.3) is 6.43 Å². The molecule has 188 valence electrons. The van der Waals surface area contributed by atoms with Gasteiger partial charge in [0, 0.05) is 18.3 Å². The Hall–Kier alpha value is -4.38. The third-order valence-electron chi connectivity index (χ3n) is 5.45. The monoisotopic (exact) mass is 522 g/mol. The number of halogens is 2. The van der Waals surface area contributed by atoms with Crippen LogP contribution in [-0.4, -0.2) is 34.1 Å². The van der Waals surface area contributed by atoms with E-state index in [-0.39, 0.29) is 33.6 Å². The van der Waals surface area contributed by atoms with Crippen molar-refractivity contribution < 1.29 is 26.7 Å². The lowest BCUT2D eigenvalue weighted by Crippen LogP contribution is -2.05. The van der Waals surface area contributed by atoms with Crippen molar-refractivity contribution in [2.24, 2.45) is 0 Å². The molecular formula is C26H20F2N4O4S. The first-order chi connectivity index (χ1) is 17.8. The van der Waals surface area contributed by atoms with Crippen molar-refractivity contribution in [2.75, 3.05) is 5.75 Å². The van der Waals surface area contributed by atoms with Crippen LogP contribution in [0.4, 0.5) is 8.78 Å². The molecular weight excluding hydrogens is 502 g/mol. The standard InChI is InChI=1S/C26H20F2N4O4S/c1-2-37(33,34)23-11-10-16(15-30-23)35-17-13-20-24(32-26(31-20)19-8-5-6-12-29-19)22(14-17)36-21-9-4-3-7-18(21)25(27)28/h3-15,25H,2H2,1H3,(H,31,32). The summed E-state index contributed by atoms with van der Waals surface area (Å²) in [5.41, 5.74) is 1.22. The van der Waals surface area contributed by atoms with Crippen molar-refractivity contribution in [2.45, 2.75) is 18.4 Å². The van der Waals surface area contributed by atoms with Crippen molar-refractivity contribution >= 4 is 20.9 Å². The quantitative estimate of drug-likeness (QED) is 0.254. The van der Waals surface area contributed by atoms with Gasteiger partial charge in [0.2, 0.25) is 0 Å². The number of nitrogens with zero attached hydrogens (tertiary/aromatic N) is 3. The number of alkyl halides is 2. The number of hydrogen-bond donors (Lipinski definition) is 1. The zero-order valence-electron chi connectivity index (χ0n) is 19.4. The molecule has 0 aliphatic carbocycles. The average molecular weight is 523 g/mol. The molecule has 11 heteroatoms. The summed E-state index contributed by atoms with van der Waals surface area (Å²) in [5.74, 6) is 1.11. The van der Waals surface area contributed by atoms with Gasteiger partial charge in [-0.1, -0.05) is 25.1 Å². The number of rotatable bonds is 8. The maximum atomic E-state index is 13.6. The first-order valence-electron chi connectivity index (χ1n) is 11.2. The molecule has 0 amide bonds. The van der Waals surface area contributed by atoms with Crippen molar-refractivity contribution in [3.8, 4) is 34.5 Å². The minimum atomic E-state index is -3.46. The first-order valence-corrected chi connectivity index (χ1v) is 12.9. The van der Waals surface area contributed by atoms with E-state index in [1.807, 2.05) is 6.07 Å². The minimum Gasteiger partial charge on any atom is -0.456 e. The van der Waals surface area contributed by atoms with E-state index in [2.05, 4.69) is 19.9 Å². The summed E-state index contributed by atoms with van der Waals surface area (Å²) in [7, 11) is -3.46. The fraction of sp³-hybridized carbons (Fsp3) is 0.115. The van der Waals surface area contributed by atoms with Crippen molar-refractivity contribution in [3.05, 3.63) is 84.7 Å². The van der Waals surface area contributed by atoms with Crippen molar-refractivity contribution in [3.63, 3.8) is 0 Å². The smallest absolute Gasteiger partial charge is 0.267 e. The Morgan fingerprint density at radius 1 is 0.919 bits per heavy atom. The van der Waals surface area contributed by atoms with Gasteiger partial charge >= 0.3 is 0 Å². The van der Waals surface area contributed by atoms with E-state index in [0.717, 1.165) is 0 Å². The highest BCUT2D eigenvalue weighted by Crippen LogP contribution is 2.38. The largest absolute Gasteiger partial charge is 0.456 e. The van der Waals surface area contributed by atoms with Crippen LogP contribution >= 0.6 is 0 Å². The van der Waals surface area contributed by atoms with E-state index in [9.17, 15) is 17.2 Å². The van der Waals surface area contributed by atoms with Gasteiger partial charge in [0.15, 0.2) is 26.4 Å². The van der Waals surface area contributed by atoms with E-state index in [4.69, 9.17) is 9.47 Å². The molecule has 0 radical (unpaired) electrons. The minimum absolute atomic E-state index is 0.0193. The third kappa shape index (κ3) is 5.12. The van der Waals surface area contributed by atoms with E-state index < -0.39 is 16.3 Å².